The maximum Gasteiger partial charge on any atom is 0.311 e. The number of aliphatic carboxylic acids is 1. The molecule has 4 heteroatoms. The summed E-state index contributed by atoms with van der Waals surface area (Å²) in [4.78, 5) is 11.7. The van der Waals surface area contributed by atoms with Crippen molar-refractivity contribution in [2.75, 3.05) is 12.8 Å². The van der Waals surface area contributed by atoms with Crippen LogP contribution in [0.5, 0.6) is 5.75 Å². The Labute approximate surface area is 119 Å². The van der Waals surface area contributed by atoms with Crippen LogP contribution in [0.1, 0.15) is 44.1 Å². The molecule has 1 unspecified atom stereocenters. The highest BCUT2D eigenvalue weighted by atomic mass is 16.5. The number of carboxylic acids is 1. The highest BCUT2D eigenvalue weighted by molar-refractivity contribution is 5.80. The Hall–Kier alpha value is -1.71. The van der Waals surface area contributed by atoms with Gasteiger partial charge in [-0.25, -0.2) is 0 Å². The minimum absolute atomic E-state index is 0.165. The van der Waals surface area contributed by atoms with Crippen LogP contribution in [0.15, 0.2) is 18.2 Å². The first-order chi connectivity index (χ1) is 9.54. The van der Waals surface area contributed by atoms with Crippen LogP contribution in [0.4, 0.5) is 5.69 Å². The second-order valence-electron chi connectivity index (χ2n) is 5.80. The molecule has 0 spiro atoms. The summed E-state index contributed by atoms with van der Waals surface area (Å²) in [6.45, 7) is 2.23. The third kappa shape index (κ3) is 2.89. The lowest BCUT2D eigenvalue weighted by Crippen LogP contribution is -2.26. The number of hydrogen-bond donors (Lipinski definition) is 2. The zero-order chi connectivity index (χ0) is 14.7. The fourth-order valence-corrected chi connectivity index (χ4v) is 3.22. The van der Waals surface area contributed by atoms with Gasteiger partial charge in [0.2, 0.25) is 0 Å². The Kier molecular flexibility index (Phi) is 4.53. The summed E-state index contributed by atoms with van der Waals surface area (Å²) in [7, 11) is 1.55. The van der Waals surface area contributed by atoms with E-state index in [0.29, 0.717) is 22.9 Å². The van der Waals surface area contributed by atoms with Crippen LogP contribution in [-0.4, -0.2) is 18.2 Å². The highest BCUT2D eigenvalue weighted by Crippen LogP contribution is 2.41. The third-order valence-corrected chi connectivity index (χ3v) is 4.45. The van der Waals surface area contributed by atoms with Crippen molar-refractivity contribution in [1.29, 1.82) is 0 Å². The van der Waals surface area contributed by atoms with Gasteiger partial charge in [-0.05, 0) is 36.3 Å². The predicted molar refractivity (Wildman–Crippen MR) is 78.9 cm³/mol. The minimum atomic E-state index is -0.787. The van der Waals surface area contributed by atoms with E-state index in [1.165, 1.54) is 0 Å². The van der Waals surface area contributed by atoms with Crippen LogP contribution in [0.25, 0.3) is 0 Å². The molecule has 1 aromatic carbocycles. The molecule has 110 valence electrons. The molecule has 1 aromatic rings. The number of nitrogen functional groups attached to an aromatic ring is 1. The fraction of sp³-hybridized carbons (Fsp3) is 0.562. The largest absolute Gasteiger partial charge is 0.495 e. The SMILES string of the molecule is COc1cccc(C(C(=O)O)C2CCC(C)CC2)c1N. The summed E-state index contributed by atoms with van der Waals surface area (Å²) in [6.07, 6.45) is 4.10. The van der Waals surface area contributed by atoms with Crippen molar-refractivity contribution in [2.45, 2.75) is 38.5 Å². The summed E-state index contributed by atoms with van der Waals surface area (Å²) in [5.74, 6) is 0.0986. The van der Waals surface area contributed by atoms with Gasteiger partial charge in [0.05, 0.1) is 18.7 Å². The summed E-state index contributed by atoms with van der Waals surface area (Å²) in [5, 5.41) is 9.64. The van der Waals surface area contributed by atoms with Gasteiger partial charge in [-0.15, -0.1) is 0 Å². The normalized spacial score (nSPS) is 24.1. The lowest BCUT2D eigenvalue weighted by Gasteiger charge is -2.31. The average Bonchev–Trinajstić information content (AvgIpc) is 2.43. The van der Waals surface area contributed by atoms with E-state index in [4.69, 9.17) is 10.5 Å². The number of anilines is 1. The predicted octanol–water partition coefficient (Wildman–Crippen LogP) is 3.27. The molecule has 0 saturated heterocycles. The zero-order valence-electron chi connectivity index (χ0n) is 12.1. The zero-order valence-corrected chi connectivity index (χ0v) is 12.1. The molecule has 0 aromatic heterocycles. The maximum absolute atomic E-state index is 11.7. The molecule has 0 heterocycles. The van der Waals surface area contributed by atoms with Crippen molar-refractivity contribution in [3.63, 3.8) is 0 Å². The fourth-order valence-electron chi connectivity index (χ4n) is 3.22. The molecule has 2 rings (SSSR count). The van der Waals surface area contributed by atoms with Crippen molar-refractivity contribution in [1.82, 2.24) is 0 Å². The highest BCUT2D eigenvalue weighted by Gasteiger charge is 2.33. The molecular formula is C16H23NO3. The standard InChI is InChI=1S/C16H23NO3/c1-10-6-8-11(9-7-10)14(16(18)19)12-4-3-5-13(20-2)15(12)17/h3-5,10-11,14H,6-9,17H2,1-2H3,(H,18,19). The summed E-state index contributed by atoms with van der Waals surface area (Å²) >= 11 is 0. The summed E-state index contributed by atoms with van der Waals surface area (Å²) in [5.41, 5.74) is 7.23. The molecule has 1 aliphatic carbocycles. The lowest BCUT2D eigenvalue weighted by atomic mass is 9.73. The molecule has 1 saturated carbocycles. The molecule has 0 bridgehead atoms. The van der Waals surface area contributed by atoms with Crippen molar-refractivity contribution < 1.29 is 14.6 Å². The van der Waals surface area contributed by atoms with Gasteiger partial charge in [-0.2, -0.15) is 0 Å². The average molecular weight is 277 g/mol. The van der Waals surface area contributed by atoms with E-state index in [-0.39, 0.29) is 5.92 Å². The van der Waals surface area contributed by atoms with Crippen LogP contribution < -0.4 is 10.5 Å². The number of para-hydroxylation sites is 1. The number of carboxylic acid groups (broad SMARTS) is 1. The van der Waals surface area contributed by atoms with E-state index in [0.717, 1.165) is 25.7 Å². The number of nitrogens with two attached hydrogens (primary N) is 1. The molecular weight excluding hydrogens is 254 g/mol. The third-order valence-electron chi connectivity index (χ3n) is 4.45. The van der Waals surface area contributed by atoms with Gasteiger partial charge in [0, 0.05) is 0 Å². The summed E-state index contributed by atoms with van der Waals surface area (Å²) < 4.78 is 5.20. The number of benzene rings is 1. The second kappa shape index (κ2) is 6.16. The van der Waals surface area contributed by atoms with Crippen molar-refractivity contribution in [2.24, 2.45) is 11.8 Å². The van der Waals surface area contributed by atoms with Crippen LogP contribution in [0, 0.1) is 11.8 Å². The second-order valence-corrected chi connectivity index (χ2v) is 5.80. The van der Waals surface area contributed by atoms with Crippen LogP contribution in [0.3, 0.4) is 0 Å². The first-order valence-corrected chi connectivity index (χ1v) is 7.19. The molecule has 0 radical (unpaired) electrons. The van der Waals surface area contributed by atoms with Gasteiger partial charge in [-0.1, -0.05) is 31.9 Å². The molecule has 3 N–H and O–H groups in total. The van der Waals surface area contributed by atoms with Crippen LogP contribution in [-0.2, 0) is 4.79 Å². The van der Waals surface area contributed by atoms with Gasteiger partial charge in [-0.3, -0.25) is 4.79 Å². The molecule has 0 aliphatic heterocycles. The molecule has 1 atom stereocenters. The Morgan fingerprint density at radius 2 is 2.00 bits per heavy atom. The number of methoxy groups -OCH3 is 1. The first-order valence-electron chi connectivity index (χ1n) is 7.19. The maximum atomic E-state index is 11.7. The van der Waals surface area contributed by atoms with Crippen molar-refractivity contribution >= 4 is 11.7 Å². The van der Waals surface area contributed by atoms with Gasteiger partial charge >= 0.3 is 5.97 Å². The molecule has 4 nitrogen and oxygen atoms in total. The monoisotopic (exact) mass is 277 g/mol. The van der Waals surface area contributed by atoms with E-state index >= 15 is 0 Å². The Bertz CT molecular complexity index is 479. The summed E-state index contributed by atoms with van der Waals surface area (Å²) in [6, 6.07) is 5.39. The number of rotatable bonds is 4. The quantitative estimate of drug-likeness (QED) is 0.828. The van der Waals surface area contributed by atoms with Gasteiger partial charge in [0.15, 0.2) is 0 Å². The van der Waals surface area contributed by atoms with Gasteiger partial charge < -0.3 is 15.6 Å². The minimum Gasteiger partial charge on any atom is -0.495 e. The van der Waals surface area contributed by atoms with E-state index in [1.54, 1.807) is 13.2 Å². The van der Waals surface area contributed by atoms with E-state index in [9.17, 15) is 9.90 Å². The Morgan fingerprint density at radius 3 is 2.55 bits per heavy atom. The number of carbonyl (C=O) groups is 1. The molecule has 20 heavy (non-hydrogen) atoms. The van der Waals surface area contributed by atoms with E-state index < -0.39 is 11.9 Å². The van der Waals surface area contributed by atoms with Crippen LogP contribution in [0.2, 0.25) is 0 Å². The van der Waals surface area contributed by atoms with E-state index in [2.05, 4.69) is 6.92 Å². The Balaban J connectivity index is 2.32. The smallest absolute Gasteiger partial charge is 0.311 e. The number of ether oxygens (including phenoxy) is 1. The van der Waals surface area contributed by atoms with Gasteiger partial charge in [0.25, 0.3) is 0 Å². The van der Waals surface area contributed by atoms with Crippen LogP contribution >= 0.6 is 0 Å². The van der Waals surface area contributed by atoms with Crippen molar-refractivity contribution in [3.8, 4) is 5.75 Å². The Morgan fingerprint density at radius 1 is 1.35 bits per heavy atom. The van der Waals surface area contributed by atoms with E-state index in [1.807, 2.05) is 12.1 Å². The van der Waals surface area contributed by atoms with Gasteiger partial charge in [0.1, 0.15) is 5.75 Å². The topological polar surface area (TPSA) is 72.5 Å². The lowest BCUT2D eigenvalue weighted by molar-refractivity contribution is -0.140. The van der Waals surface area contributed by atoms with Crippen molar-refractivity contribution in [3.05, 3.63) is 23.8 Å². The first kappa shape index (κ1) is 14.7. The molecule has 1 fully saturated rings. The number of hydrogen-bond acceptors (Lipinski definition) is 3. The molecule has 1 aliphatic rings. The molecule has 0 amide bonds.